The molecule has 1 aromatic rings. The summed E-state index contributed by atoms with van der Waals surface area (Å²) >= 11 is 0. The molecule has 1 aliphatic heterocycles. The van der Waals surface area contributed by atoms with Gasteiger partial charge in [0.1, 0.15) is 5.75 Å². The molecular formula is C21H35IN4O2. The third-order valence-electron chi connectivity index (χ3n) is 4.98. The van der Waals surface area contributed by atoms with Crippen molar-refractivity contribution in [2.75, 3.05) is 46.4 Å². The molecule has 1 aliphatic carbocycles. The van der Waals surface area contributed by atoms with E-state index in [4.69, 9.17) is 14.5 Å². The van der Waals surface area contributed by atoms with E-state index in [2.05, 4.69) is 54.6 Å². The Bertz CT molecular complexity index is 637. The van der Waals surface area contributed by atoms with Crippen LogP contribution in [0.5, 0.6) is 5.75 Å². The van der Waals surface area contributed by atoms with E-state index in [1.54, 1.807) is 0 Å². The Morgan fingerprint density at radius 1 is 1.32 bits per heavy atom. The van der Waals surface area contributed by atoms with Crippen LogP contribution in [0.3, 0.4) is 0 Å². The van der Waals surface area contributed by atoms with E-state index in [9.17, 15) is 0 Å². The summed E-state index contributed by atoms with van der Waals surface area (Å²) in [7, 11) is 2.13. The summed E-state index contributed by atoms with van der Waals surface area (Å²) in [5.41, 5.74) is 2.35. The minimum atomic E-state index is 0. The van der Waals surface area contributed by atoms with Crippen molar-refractivity contribution in [3.05, 3.63) is 29.3 Å². The number of hydrogen-bond acceptors (Lipinski definition) is 4. The number of likely N-dealkylation sites (N-methyl/N-ethyl adjacent to an activating group) is 1. The smallest absolute Gasteiger partial charge is 0.191 e. The lowest BCUT2D eigenvalue weighted by molar-refractivity contribution is -0.0161. The number of nitrogens with one attached hydrogen (secondary N) is 2. The standard InChI is InChI=1S/C21H34N4O2.HI/c1-4-22-21(24-13-19-14-25(3)9-10-26-19)23-12-18-8-5-16(2)11-20(18)27-15-17-6-7-17;/h5,8,11,17,19H,4,6-7,9-10,12-15H2,1-3H3,(H2,22,23,24);1H. The molecule has 1 atom stereocenters. The Morgan fingerprint density at radius 2 is 2.14 bits per heavy atom. The fourth-order valence-corrected chi connectivity index (χ4v) is 3.13. The first-order valence-electron chi connectivity index (χ1n) is 10.2. The largest absolute Gasteiger partial charge is 0.493 e. The lowest BCUT2D eigenvalue weighted by atomic mass is 10.1. The highest BCUT2D eigenvalue weighted by atomic mass is 127. The Hall–Kier alpha value is -1.06. The molecule has 1 saturated heterocycles. The molecule has 0 bridgehead atoms. The van der Waals surface area contributed by atoms with Crippen LogP contribution in [0, 0.1) is 12.8 Å². The number of morpholine rings is 1. The van der Waals surface area contributed by atoms with Crippen LogP contribution in [-0.2, 0) is 11.3 Å². The SMILES string of the molecule is CCNC(=NCc1ccc(C)cc1OCC1CC1)NCC1CN(C)CCO1.I. The maximum atomic E-state index is 6.07. The van der Waals surface area contributed by atoms with Crippen LogP contribution in [0.2, 0.25) is 0 Å². The van der Waals surface area contributed by atoms with Crippen LogP contribution in [0.1, 0.15) is 30.9 Å². The van der Waals surface area contributed by atoms with Gasteiger partial charge in [0.25, 0.3) is 0 Å². The molecule has 1 saturated carbocycles. The summed E-state index contributed by atoms with van der Waals surface area (Å²) in [5, 5.41) is 6.74. The fourth-order valence-electron chi connectivity index (χ4n) is 3.13. The molecular weight excluding hydrogens is 467 g/mol. The molecule has 0 spiro atoms. The first kappa shape index (κ1) is 23.2. The second-order valence-corrected chi connectivity index (χ2v) is 7.70. The molecule has 1 heterocycles. The van der Waals surface area contributed by atoms with Crippen LogP contribution < -0.4 is 15.4 Å². The molecule has 6 nitrogen and oxygen atoms in total. The Morgan fingerprint density at radius 3 is 2.86 bits per heavy atom. The first-order valence-corrected chi connectivity index (χ1v) is 10.2. The average molecular weight is 502 g/mol. The van der Waals surface area contributed by atoms with Crippen molar-refractivity contribution >= 4 is 29.9 Å². The third-order valence-corrected chi connectivity index (χ3v) is 4.98. The summed E-state index contributed by atoms with van der Waals surface area (Å²) in [6, 6.07) is 6.38. The second-order valence-electron chi connectivity index (χ2n) is 7.70. The first-order chi connectivity index (χ1) is 13.1. The lowest BCUT2D eigenvalue weighted by Crippen LogP contribution is -2.48. The number of rotatable bonds is 8. The van der Waals surface area contributed by atoms with E-state index in [1.807, 2.05) is 0 Å². The lowest BCUT2D eigenvalue weighted by Gasteiger charge is -2.30. The highest BCUT2D eigenvalue weighted by Gasteiger charge is 2.22. The Kier molecular flexibility index (Phi) is 9.81. The van der Waals surface area contributed by atoms with Gasteiger partial charge in [0.15, 0.2) is 5.96 Å². The van der Waals surface area contributed by atoms with Crippen LogP contribution in [0.15, 0.2) is 23.2 Å². The van der Waals surface area contributed by atoms with E-state index in [0.717, 1.165) is 62.6 Å². The van der Waals surface area contributed by atoms with E-state index in [1.165, 1.54) is 18.4 Å². The van der Waals surface area contributed by atoms with Crippen LogP contribution >= 0.6 is 24.0 Å². The molecule has 0 amide bonds. The topological polar surface area (TPSA) is 58.1 Å². The van der Waals surface area contributed by atoms with Gasteiger partial charge in [0, 0.05) is 31.7 Å². The maximum absolute atomic E-state index is 6.07. The van der Waals surface area contributed by atoms with E-state index < -0.39 is 0 Å². The zero-order valence-corrected chi connectivity index (χ0v) is 19.7. The zero-order chi connectivity index (χ0) is 19.1. The van der Waals surface area contributed by atoms with Gasteiger partial charge in [0.2, 0.25) is 0 Å². The number of guanidine groups is 1. The van der Waals surface area contributed by atoms with Crippen molar-refractivity contribution in [2.45, 2.75) is 39.3 Å². The number of benzene rings is 1. The quantitative estimate of drug-likeness (QED) is 0.326. The van der Waals surface area contributed by atoms with Gasteiger partial charge in [-0.1, -0.05) is 12.1 Å². The zero-order valence-electron chi connectivity index (χ0n) is 17.4. The van der Waals surface area contributed by atoms with E-state index in [0.29, 0.717) is 6.54 Å². The van der Waals surface area contributed by atoms with Crippen molar-refractivity contribution in [3.63, 3.8) is 0 Å². The molecule has 1 aromatic carbocycles. The van der Waals surface area contributed by atoms with Gasteiger partial charge in [-0.15, -0.1) is 24.0 Å². The van der Waals surface area contributed by atoms with Crippen molar-refractivity contribution in [2.24, 2.45) is 10.9 Å². The Balaban J connectivity index is 0.00000280. The highest BCUT2D eigenvalue weighted by molar-refractivity contribution is 14.0. The van der Waals surface area contributed by atoms with Crippen LogP contribution in [0.4, 0.5) is 0 Å². The van der Waals surface area contributed by atoms with Gasteiger partial charge in [0.05, 0.1) is 25.9 Å². The van der Waals surface area contributed by atoms with Gasteiger partial charge >= 0.3 is 0 Å². The molecule has 28 heavy (non-hydrogen) atoms. The normalized spacial score (nSPS) is 20.4. The summed E-state index contributed by atoms with van der Waals surface area (Å²) < 4.78 is 11.9. The second kappa shape index (κ2) is 11.8. The monoisotopic (exact) mass is 502 g/mol. The minimum absolute atomic E-state index is 0. The van der Waals surface area contributed by atoms with Crippen molar-refractivity contribution in [1.82, 2.24) is 15.5 Å². The summed E-state index contributed by atoms with van der Waals surface area (Å²) in [5.74, 6) is 2.54. The molecule has 7 heteroatoms. The van der Waals surface area contributed by atoms with Gasteiger partial charge in [-0.2, -0.15) is 0 Å². The molecule has 0 aromatic heterocycles. The number of nitrogens with zero attached hydrogens (tertiary/aromatic N) is 2. The van der Waals surface area contributed by atoms with Crippen molar-refractivity contribution < 1.29 is 9.47 Å². The number of aliphatic imine (C=N–C) groups is 1. The van der Waals surface area contributed by atoms with Crippen LogP contribution in [0.25, 0.3) is 0 Å². The van der Waals surface area contributed by atoms with Gasteiger partial charge in [-0.05, 0) is 51.3 Å². The number of halogens is 1. The predicted octanol–water partition coefficient (Wildman–Crippen LogP) is 2.79. The summed E-state index contributed by atoms with van der Waals surface area (Å²) in [4.78, 5) is 7.07. The van der Waals surface area contributed by atoms with E-state index >= 15 is 0 Å². The number of ether oxygens (including phenoxy) is 2. The van der Waals surface area contributed by atoms with Crippen LogP contribution in [-0.4, -0.2) is 63.4 Å². The number of aryl methyl sites for hydroxylation is 1. The third kappa shape index (κ3) is 7.75. The summed E-state index contributed by atoms with van der Waals surface area (Å²) in [6.07, 6.45) is 2.79. The van der Waals surface area contributed by atoms with Crippen molar-refractivity contribution in [1.29, 1.82) is 0 Å². The number of hydrogen-bond donors (Lipinski definition) is 2. The molecule has 3 rings (SSSR count). The minimum Gasteiger partial charge on any atom is -0.493 e. The molecule has 1 unspecified atom stereocenters. The molecule has 2 N–H and O–H groups in total. The Labute approximate surface area is 186 Å². The maximum Gasteiger partial charge on any atom is 0.191 e. The molecule has 158 valence electrons. The van der Waals surface area contributed by atoms with E-state index in [-0.39, 0.29) is 30.1 Å². The van der Waals surface area contributed by atoms with Crippen molar-refractivity contribution in [3.8, 4) is 5.75 Å². The fraction of sp³-hybridized carbons (Fsp3) is 0.667. The van der Waals surface area contributed by atoms with Gasteiger partial charge in [-0.25, -0.2) is 4.99 Å². The molecule has 2 fully saturated rings. The highest BCUT2D eigenvalue weighted by Crippen LogP contribution is 2.30. The molecule has 2 aliphatic rings. The van der Waals surface area contributed by atoms with Gasteiger partial charge in [-0.3, -0.25) is 0 Å². The molecule has 0 radical (unpaired) electrons. The summed E-state index contributed by atoms with van der Waals surface area (Å²) in [6.45, 7) is 9.94. The average Bonchev–Trinajstić information content (AvgIpc) is 3.48. The van der Waals surface area contributed by atoms with Gasteiger partial charge < -0.3 is 25.0 Å². The predicted molar refractivity (Wildman–Crippen MR) is 125 cm³/mol.